The number of hydrogen-bond donors (Lipinski definition) is 2. The first-order valence-corrected chi connectivity index (χ1v) is 6.29. The van der Waals surface area contributed by atoms with Crippen molar-refractivity contribution in [3.63, 3.8) is 0 Å². The predicted octanol–water partition coefficient (Wildman–Crippen LogP) is 2.64. The molecule has 0 atom stereocenters. The van der Waals surface area contributed by atoms with Gasteiger partial charge in [0.1, 0.15) is 0 Å². The number of aryl methyl sites for hydroxylation is 1. The molecule has 0 saturated heterocycles. The van der Waals surface area contributed by atoms with Crippen molar-refractivity contribution < 1.29 is 9.53 Å². The molecule has 0 aliphatic rings. The van der Waals surface area contributed by atoms with E-state index in [0.29, 0.717) is 25.3 Å². The predicted molar refractivity (Wildman–Crippen MR) is 74.7 cm³/mol. The van der Waals surface area contributed by atoms with Crippen molar-refractivity contribution in [2.75, 3.05) is 24.3 Å². The molecule has 0 spiro atoms. The summed E-state index contributed by atoms with van der Waals surface area (Å²) in [4.78, 5) is 11.8. The number of ether oxygens (including phenoxy) is 1. The molecule has 0 aromatic heterocycles. The van der Waals surface area contributed by atoms with Gasteiger partial charge in [-0.3, -0.25) is 4.79 Å². The third-order valence-electron chi connectivity index (χ3n) is 2.80. The van der Waals surface area contributed by atoms with Crippen LogP contribution in [0.25, 0.3) is 0 Å². The van der Waals surface area contributed by atoms with Gasteiger partial charge >= 0.3 is 0 Å². The standard InChI is InChI=1S/C14H22N2O2/c1-4-8-18-9-7-13(17)16-14-10(2)5-6-12(15)11(14)3/h5-6H,4,7-9,15H2,1-3H3,(H,16,17). The third-order valence-corrected chi connectivity index (χ3v) is 2.80. The van der Waals surface area contributed by atoms with Crippen LogP contribution in [-0.2, 0) is 9.53 Å². The molecule has 1 aromatic rings. The van der Waals surface area contributed by atoms with Crippen LogP contribution >= 0.6 is 0 Å². The fourth-order valence-electron chi connectivity index (χ4n) is 1.67. The van der Waals surface area contributed by atoms with Crippen LogP contribution in [0.3, 0.4) is 0 Å². The maximum absolute atomic E-state index is 11.8. The van der Waals surface area contributed by atoms with Gasteiger partial charge in [-0.05, 0) is 37.5 Å². The summed E-state index contributed by atoms with van der Waals surface area (Å²) in [7, 11) is 0. The van der Waals surface area contributed by atoms with Crippen molar-refractivity contribution in [3.05, 3.63) is 23.3 Å². The summed E-state index contributed by atoms with van der Waals surface area (Å²) < 4.78 is 5.29. The molecule has 0 fully saturated rings. The van der Waals surface area contributed by atoms with Crippen LogP contribution in [-0.4, -0.2) is 19.1 Å². The summed E-state index contributed by atoms with van der Waals surface area (Å²) in [6.07, 6.45) is 1.34. The van der Waals surface area contributed by atoms with Crippen LogP contribution in [0.4, 0.5) is 11.4 Å². The number of nitrogens with one attached hydrogen (secondary N) is 1. The van der Waals surface area contributed by atoms with E-state index in [1.54, 1.807) is 0 Å². The van der Waals surface area contributed by atoms with Gasteiger partial charge in [-0.25, -0.2) is 0 Å². The highest BCUT2D eigenvalue weighted by atomic mass is 16.5. The highest BCUT2D eigenvalue weighted by Gasteiger charge is 2.09. The molecule has 0 heterocycles. The lowest BCUT2D eigenvalue weighted by Crippen LogP contribution is -2.16. The van der Waals surface area contributed by atoms with Crippen LogP contribution in [0.2, 0.25) is 0 Å². The second kappa shape index (κ2) is 7.01. The highest BCUT2D eigenvalue weighted by Crippen LogP contribution is 2.25. The molecule has 1 amide bonds. The van der Waals surface area contributed by atoms with Crippen molar-refractivity contribution in [3.8, 4) is 0 Å². The quantitative estimate of drug-likeness (QED) is 0.602. The molecule has 4 heteroatoms. The SMILES string of the molecule is CCCOCCC(=O)Nc1c(C)ccc(N)c1C. The Kier molecular flexibility index (Phi) is 5.65. The molecule has 0 aliphatic heterocycles. The minimum atomic E-state index is -0.0390. The van der Waals surface area contributed by atoms with Gasteiger partial charge in [0.05, 0.1) is 13.0 Å². The average molecular weight is 250 g/mol. The lowest BCUT2D eigenvalue weighted by atomic mass is 10.1. The number of nitrogen functional groups attached to an aromatic ring is 1. The number of rotatable bonds is 6. The molecule has 3 N–H and O–H groups in total. The van der Waals surface area contributed by atoms with Gasteiger partial charge in [0, 0.05) is 18.0 Å². The Morgan fingerprint density at radius 3 is 2.72 bits per heavy atom. The van der Waals surface area contributed by atoms with Gasteiger partial charge in [-0.2, -0.15) is 0 Å². The van der Waals surface area contributed by atoms with Crippen molar-refractivity contribution in [1.29, 1.82) is 0 Å². The van der Waals surface area contributed by atoms with Crippen molar-refractivity contribution in [2.24, 2.45) is 0 Å². The van der Waals surface area contributed by atoms with Gasteiger partial charge in [-0.1, -0.05) is 13.0 Å². The molecular weight excluding hydrogens is 228 g/mol. The number of carbonyl (C=O) groups excluding carboxylic acids is 1. The van der Waals surface area contributed by atoms with Gasteiger partial charge in [0.25, 0.3) is 0 Å². The van der Waals surface area contributed by atoms with Crippen molar-refractivity contribution >= 4 is 17.3 Å². The van der Waals surface area contributed by atoms with Crippen LogP contribution in [0, 0.1) is 13.8 Å². The van der Waals surface area contributed by atoms with Gasteiger partial charge < -0.3 is 15.8 Å². The molecule has 1 aromatic carbocycles. The van der Waals surface area contributed by atoms with Crippen molar-refractivity contribution in [1.82, 2.24) is 0 Å². The molecule has 0 bridgehead atoms. The summed E-state index contributed by atoms with van der Waals surface area (Å²) >= 11 is 0. The lowest BCUT2D eigenvalue weighted by Gasteiger charge is -2.13. The Balaban J connectivity index is 2.57. The molecule has 0 radical (unpaired) electrons. The first kappa shape index (κ1) is 14.5. The number of benzene rings is 1. The number of nitrogens with two attached hydrogens (primary N) is 1. The second-order valence-electron chi connectivity index (χ2n) is 4.38. The fraction of sp³-hybridized carbons (Fsp3) is 0.500. The minimum Gasteiger partial charge on any atom is -0.398 e. The van der Waals surface area contributed by atoms with E-state index in [2.05, 4.69) is 5.32 Å². The van der Waals surface area contributed by atoms with E-state index in [1.807, 2.05) is 32.9 Å². The second-order valence-corrected chi connectivity index (χ2v) is 4.38. The first-order chi connectivity index (χ1) is 8.56. The fourth-order valence-corrected chi connectivity index (χ4v) is 1.67. The summed E-state index contributed by atoms with van der Waals surface area (Å²) in [5.74, 6) is -0.0390. The monoisotopic (exact) mass is 250 g/mol. The number of hydrogen-bond acceptors (Lipinski definition) is 3. The van der Waals surface area contributed by atoms with Crippen molar-refractivity contribution in [2.45, 2.75) is 33.6 Å². The molecule has 0 saturated carbocycles. The third kappa shape index (κ3) is 4.04. The summed E-state index contributed by atoms with van der Waals surface area (Å²) in [6, 6.07) is 3.76. The molecule has 0 unspecified atom stereocenters. The maximum Gasteiger partial charge on any atom is 0.226 e. The Morgan fingerprint density at radius 2 is 2.06 bits per heavy atom. The van der Waals surface area contributed by atoms with Crippen LogP contribution in [0.1, 0.15) is 30.9 Å². The highest BCUT2D eigenvalue weighted by molar-refractivity contribution is 5.93. The van der Waals surface area contributed by atoms with E-state index in [-0.39, 0.29) is 5.91 Å². The van der Waals surface area contributed by atoms with E-state index < -0.39 is 0 Å². The Morgan fingerprint density at radius 1 is 1.33 bits per heavy atom. The normalized spacial score (nSPS) is 10.4. The largest absolute Gasteiger partial charge is 0.398 e. The zero-order valence-corrected chi connectivity index (χ0v) is 11.4. The molecule has 4 nitrogen and oxygen atoms in total. The summed E-state index contributed by atoms with van der Waals surface area (Å²) in [5.41, 5.74) is 9.27. The molecular formula is C14H22N2O2. The number of amides is 1. The summed E-state index contributed by atoms with van der Waals surface area (Å²) in [5, 5.41) is 2.90. The molecule has 18 heavy (non-hydrogen) atoms. The zero-order chi connectivity index (χ0) is 13.5. The van der Waals surface area contributed by atoms with Crippen LogP contribution in [0.15, 0.2) is 12.1 Å². The topological polar surface area (TPSA) is 64.3 Å². The Bertz CT molecular complexity index is 417. The van der Waals surface area contributed by atoms with Crippen LogP contribution in [0.5, 0.6) is 0 Å². The zero-order valence-electron chi connectivity index (χ0n) is 11.4. The first-order valence-electron chi connectivity index (χ1n) is 6.29. The van der Waals surface area contributed by atoms with Gasteiger partial charge in [0.2, 0.25) is 5.91 Å². The smallest absolute Gasteiger partial charge is 0.226 e. The van der Waals surface area contributed by atoms with Gasteiger partial charge in [0.15, 0.2) is 0 Å². The van der Waals surface area contributed by atoms with E-state index in [4.69, 9.17) is 10.5 Å². The molecule has 1 rings (SSSR count). The van der Waals surface area contributed by atoms with E-state index >= 15 is 0 Å². The Hall–Kier alpha value is -1.55. The number of carbonyl (C=O) groups is 1. The molecule has 100 valence electrons. The summed E-state index contributed by atoms with van der Waals surface area (Å²) in [6.45, 7) is 7.06. The van der Waals surface area contributed by atoms with Gasteiger partial charge in [-0.15, -0.1) is 0 Å². The van der Waals surface area contributed by atoms with Crippen LogP contribution < -0.4 is 11.1 Å². The Labute approximate surface area is 109 Å². The van der Waals surface area contributed by atoms with E-state index in [9.17, 15) is 4.79 Å². The maximum atomic E-state index is 11.8. The minimum absolute atomic E-state index is 0.0390. The average Bonchev–Trinajstić information content (AvgIpc) is 2.35. The van der Waals surface area contributed by atoms with E-state index in [1.165, 1.54) is 0 Å². The van der Waals surface area contributed by atoms with E-state index in [0.717, 1.165) is 23.2 Å². The lowest BCUT2D eigenvalue weighted by molar-refractivity contribution is -0.117. The molecule has 0 aliphatic carbocycles. The number of anilines is 2.